The topological polar surface area (TPSA) is 29.5 Å². The minimum absolute atomic E-state index is 0.230. The molecule has 2 aliphatic heterocycles. The van der Waals surface area contributed by atoms with Crippen LogP contribution < -0.4 is 0 Å². The fourth-order valence-electron chi connectivity index (χ4n) is 5.25. The fraction of sp³-hybridized carbons (Fsp3) is 0.400. The number of likely N-dealkylation sites (N-methyl/N-ethyl adjacent to an activating group) is 1. The maximum Gasteiger partial charge on any atom is 0.330 e. The van der Waals surface area contributed by atoms with Gasteiger partial charge < -0.3 is 4.74 Å². The molecule has 2 bridgehead atoms. The molecule has 0 N–H and O–H groups in total. The van der Waals surface area contributed by atoms with Gasteiger partial charge in [0.05, 0.1) is 7.11 Å². The zero-order chi connectivity index (χ0) is 19.5. The van der Waals surface area contributed by atoms with Gasteiger partial charge >= 0.3 is 5.97 Å². The van der Waals surface area contributed by atoms with Crippen molar-refractivity contribution >= 4 is 5.97 Å². The molecule has 2 fully saturated rings. The van der Waals surface area contributed by atoms with Crippen molar-refractivity contribution in [2.75, 3.05) is 14.2 Å². The minimum Gasteiger partial charge on any atom is -0.466 e. The molecule has 3 nitrogen and oxygen atoms in total. The number of hydrogen-bond donors (Lipinski definition) is 0. The van der Waals surface area contributed by atoms with Gasteiger partial charge in [-0.2, -0.15) is 0 Å². The molecular formula is C25H29NO2. The third kappa shape index (κ3) is 3.90. The molecule has 3 heteroatoms. The van der Waals surface area contributed by atoms with Crippen molar-refractivity contribution in [2.24, 2.45) is 11.8 Å². The van der Waals surface area contributed by atoms with Gasteiger partial charge in [0.2, 0.25) is 0 Å². The number of methoxy groups -OCH3 is 1. The molecule has 4 atom stereocenters. The van der Waals surface area contributed by atoms with Crippen molar-refractivity contribution in [3.8, 4) is 0 Å². The summed E-state index contributed by atoms with van der Waals surface area (Å²) >= 11 is 0. The highest BCUT2D eigenvalue weighted by Gasteiger charge is 2.47. The van der Waals surface area contributed by atoms with Gasteiger partial charge in [0.15, 0.2) is 0 Å². The largest absolute Gasteiger partial charge is 0.466 e. The first-order valence-electron chi connectivity index (χ1n) is 10.2. The van der Waals surface area contributed by atoms with E-state index in [-0.39, 0.29) is 5.97 Å². The van der Waals surface area contributed by atoms with E-state index in [1.807, 2.05) is 0 Å². The normalized spacial score (nSPS) is 28.4. The first-order valence-corrected chi connectivity index (χ1v) is 10.2. The number of rotatable bonds is 5. The quantitative estimate of drug-likeness (QED) is 0.577. The van der Waals surface area contributed by atoms with Crippen molar-refractivity contribution in [1.29, 1.82) is 0 Å². The van der Waals surface area contributed by atoms with Crippen molar-refractivity contribution in [3.05, 3.63) is 83.4 Å². The average molecular weight is 376 g/mol. The second-order valence-electron chi connectivity index (χ2n) is 8.22. The van der Waals surface area contributed by atoms with Gasteiger partial charge in [0.25, 0.3) is 0 Å². The van der Waals surface area contributed by atoms with Crippen LogP contribution in [0.3, 0.4) is 0 Å². The van der Waals surface area contributed by atoms with E-state index in [1.165, 1.54) is 23.8 Å². The van der Waals surface area contributed by atoms with Gasteiger partial charge in [-0.3, -0.25) is 4.90 Å². The number of piperidine rings is 1. The zero-order valence-corrected chi connectivity index (χ0v) is 16.8. The molecule has 2 saturated heterocycles. The van der Waals surface area contributed by atoms with Crippen LogP contribution in [0.25, 0.3) is 0 Å². The van der Waals surface area contributed by atoms with Crippen LogP contribution in [0, 0.1) is 11.8 Å². The van der Waals surface area contributed by atoms with Gasteiger partial charge in [-0.05, 0) is 61.3 Å². The van der Waals surface area contributed by atoms with E-state index in [0.29, 0.717) is 23.9 Å². The molecule has 146 valence electrons. The van der Waals surface area contributed by atoms with E-state index in [9.17, 15) is 4.79 Å². The Kier molecular flexibility index (Phi) is 5.63. The Balaban J connectivity index is 1.60. The maximum absolute atomic E-state index is 12.1. The molecule has 2 aromatic carbocycles. The van der Waals surface area contributed by atoms with Crippen molar-refractivity contribution < 1.29 is 9.53 Å². The van der Waals surface area contributed by atoms with E-state index >= 15 is 0 Å². The summed E-state index contributed by atoms with van der Waals surface area (Å²) < 4.78 is 4.98. The molecular weight excluding hydrogens is 346 g/mol. The Labute approximate surface area is 168 Å². The number of benzene rings is 2. The standard InChI is InChI=1S/C25H29NO2/c1-26-23-15-20(13-18-9-5-3-6-10-18)22(17-25(27)28-2)24(26)16-21(23)14-19-11-7-4-8-12-19/h3-12,17,20-21,23-24H,13-16H2,1-2H3/b22-17+/t20-,21+,23+,24+/m0/s1. The Hall–Kier alpha value is -2.39. The lowest BCUT2D eigenvalue weighted by Gasteiger charge is -2.39. The Morgan fingerprint density at radius 2 is 1.61 bits per heavy atom. The van der Waals surface area contributed by atoms with Crippen LogP contribution in [0.1, 0.15) is 24.0 Å². The zero-order valence-electron chi connectivity index (χ0n) is 16.8. The molecule has 2 aliphatic rings. The lowest BCUT2D eigenvalue weighted by molar-refractivity contribution is -0.135. The summed E-state index contributed by atoms with van der Waals surface area (Å²) in [5, 5.41) is 0. The van der Waals surface area contributed by atoms with E-state index in [1.54, 1.807) is 6.08 Å². The number of carbonyl (C=O) groups is 1. The third-order valence-corrected chi connectivity index (χ3v) is 6.62. The van der Waals surface area contributed by atoms with Crippen LogP contribution >= 0.6 is 0 Å². The molecule has 2 heterocycles. The highest BCUT2D eigenvalue weighted by atomic mass is 16.5. The SMILES string of the molecule is COC(=O)/C=C1\[C@@H](Cc2ccccc2)C[C@@H]2[C@H](Cc3ccccc3)C[C@H]1N2C. The van der Waals surface area contributed by atoms with Crippen molar-refractivity contribution in [1.82, 2.24) is 4.90 Å². The summed E-state index contributed by atoms with van der Waals surface area (Å²) in [5.74, 6) is 0.791. The van der Waals surface area contributed by atoms with Gasteiger partial charge in [-0.1, -0.05) is 60.7 Å². The molecule has 2 aromatic rings. The molecule has 0 saturated carbocycles. The Bertz CT molecular complexity index is 830. The number of hydrogen-bond acceptors (Lipinski definition) is 3. The summed E-state index contributed by atoms with van der Waals surface area (Å²) in [6, 6.07) is 22.3. The minimum atomic E-state index is -0.230. The highest BCUT2D eigenvalue weighted by Crippen LogP contribution is 2.46. The highest BCUT2D eigenvalue weighted by molar-refractivity contribution is 5.83. The first-order chi connectivity index (χ1) is 13.7. The number of fused-ring (bicyclic) bond motifs is 2. The molecule has 4 rings (SSSR count). The van der Waals surface area contributed by atoms with E-state index in [0.717, 1.165) is 25.7 Å². The van der Waals surface area contributed by atoms with Crippen LogP contribution in [-0.4, -0.2) is 37.1 Å². The van der Waals surface area contributed by atoms with Crippen LogP contribution in [0.15, 0.2) is 72.3 Å². The van der Waals surface area contributed by atoms with Crippen molar-refractivity contribution in [2.45, 2.75) is 37.8 Å². The van der Waals surface area contributed by atoms with E-state index < -0.39 is 0 Å². The van der Waals surface area contributed by atoms with Crippen LogP contribution in [-0.2, 0) is 22.4 Å². The second kappa shape index (κ2) is 8.32. The van der Waals surface area contributed by atoms with Gasteiger partial charge in [0.1, 0.15) is 0 Å². The molecule has 0 amide bonds. The molecule has 0 aromatic heterocycles. The number of ether oxygens (including phenoxy) is 1. The lowest BCUT2D eigenvalue weighted by Crippen LogP contribution is -2.44. The van der Waals surface area contributed by atoms with E-state index in [2.05, 4.69) is 72.6 Å². The van der Waals surface area contributed by atoms with Gasteiger partial charge in [-0.15, -0.1) is 0 Å². The Morgan fingerprint density at radius 3 is 2.21 bits per heavy atom. The van der Waals surface area contributed by atoms with E-state index in [4.69, 9.17) is 4.74 Å². The second-order valence-corrected chi connectivity index (χ2v) is 8.22. The smallest absolute Gasteiger partial charge is 0.330 e. The Morgan fingerprint density at radius 1 is 1.00 bits per heavy atom. The predicted molar refractivity (Wildman–Crippen MR) is 112 cm³/mol. The van der Waals surface area contributed by atoms with Crippen LogP contribution in [0.2, 0.25) is 0 Å². The summed E-state index contributed by atoms with van der Waals surface area (Å²) in [4.78, 5) is 14.6. The molecule has 0 radical (unpaired) electrons. The van der Waals surface area contributed by atoms with Gasteiger partial charge in [-0.25, -0.2) is 4.79 Å². The first kappa shape index (κ1) is 18.9. The fourth-order valence-corrected chi connectivity index (χ4v) is 5.25. The number of esters is 1. The molecule has 0 spiro atoms. The summed E-state index contributed by atoms with van der Waals surface area (Å²) in [6.45, 7) is 0. The van der Waals surface area contributed by atoms with Crippen molar-refractivity contribution in [3.63, 3.8) is 0 Å². The monoisotopic (exact) mass is 375 g/mol. The van der Waals surface area contributed by atoms with Crippen LogP contribution in [0.4, 0.5) is 0 Å². The summed E-state index contributed by atoms with van der Waals surface area (Å²) in [5.41, 5.74) is 4.00. The molecule has 0 unspecified atom stereocenters. The average Bonchev–Trinajstić information content (AvgIpc) is 2.93. The van der Waals surface area contributed by atoms with Gasteiger partial charge in [0, 0.05) is 18.2 Å². The maximum atomic E-state index is 12.1. The van der Waals surface area contributed by atoms with Crippen LogP contribution in [0.5, 0.6) is 0 Å². The lowest BCUT2D eigenvalue weighted by atomic mass is 9.80. The molecule has 0 aliphatic carbocycles. The summed E-state index contributed by atoms with van der Waals surface area (Å²) in [7, 11) is 3.69. The third-order valence-electron chi connectivity index (χ3n) is 6.62. The molecule has 28 heavy (non-hydrogen) atoms. The predicted octanol–water partition coefficient (Wildman–Crippen LogP) is 4.28. The summed E-state index contributed by atoms with van der Waals surface area (Å²) in [6.07, 6.45) is 6.08. The number of nitrogens with zero attached hydrogens (tertiary/aromatic N) is 1. The number of carbonyl (C=O) groups excluding carboxylic acids is 1.